The highest BCUT2D eigenvalue weighted by Gasteiger charge is 2.39. The second-order valence-electron chi connectivity index (χ2n) is 7.96. The molecular weight excluding hydrogens is 370 g/mol. The van der Waals surface area contributed by atoms with Gasteiger partial charge in [0, 0.05) is 6.54 Å². The van der Waals surface area contributed by atoms with Crippen LogP contribution in [0.2, 0.25) is 0 Å². The summed E-state index contributed by atoms with van der Waals surface area (Å²) in [5, 5.41) is 6.44. The Kier molecular flexibility index (Phi) is 5.77. The van der Waals surface area contributed by atoms with Gasteiger partial charge in [0.15, 0.2) is 0 Å². The first-order chi connectivity index (χ1) is 14.5. The minimum atomic E-state index is -0.223. The van der Waals surface area contributed by atoms with E-state index in [4.69, 9.17) is 5.10 Å². The summed E-state index contributed by atoms with van der Waals surface area (Å²) in [7, 11) is 0. The zero-order chi connectivity index (χ0) is 21.1. The predicted molar refractivity (Wildman–Crippen MR) is 121 cm³/mol. The Morgan fingerprint density at radius 3 is 2.13 bits per heavy atom. The zero-order valence-corrected chi connectivity index (χ0v) is 17.7. The lowest BCUT2D eigenvalue weighted by atomic mass is 10.1. The summed E-state index contributed by atoms with van der Waals surface area (Å²) in [6.07, 6.45) is -0.223. The lowest BCUT2D eigenvalue weighted by Gasteiger charge is -2.28. The Hall–Kier alpha value is -3.24. The SMILES string of the molecule is C/C(=N/N1C(=O)CN(Cc2ccccc2)[C@@H]1c1ccc(C)cc1)c1ccc(C)cc1. The molecule has 4 rings (SSSR count). The topological polar surface area (TPSA) is 35.9 Å². The van der Waals surface area contributed by atoms with Gasteiger partial charge in [0.1, 0.15) is 6.17 Å². The first kappa shape index (κ1) is 20.0. The van der Waals surface area contributed by atoms with E-state index in [-0.39, 0.29) is 12.1 Å². The van der Waals surface area contributed by atoms with Crippen LogP contribution in [-0.4, -0.2) is 28.1 Å². The van der Waals surface area contributed by atoms with E-state index in [0.29, 0.717) is 13.1 Å². The second-order valence-corrected chi connectivity index (χ2v) is 7.96. The first-order valence-corrected chi connectivity index (χ1v) is 10.3. The minimum absolute atomic E-state index is 0.0166. The molecule has 3 aromatic carbocycles. The summed E-state index contributed by atoms with van der Waals surface area (Å²) >= 11 is 0. The standard InChI is InChI=1S/C26H27N3O/c1-19-9-13-23(14-10-19)21(3)27-29-25(30)18-28(17-22-7-5-4-6-8-22)26(29)24-15-11-20(2)12-16-24/h4-16,26H,17-18H2,1-3H3/b27-21-/t26-/m0/s1. The number of hydrazone groups is 1. The molecule has 0 unspecified atom stereocenters. The fourth-order valence-electron chi connectivity index (χ4n) is 3.80. The number of hydrogen-bond donors (Lipinski definition) is 0. The van der Waals surface area contributed by atoms with E-state index in [1.807, 2.05) is 25.1 Å². The molecule has 0 N–H and O–H groups in total. The Morgan fingerprint density at radius 2 is 1.50 bits per heavy atom. The van der Waals surface area contributed by atoms with Crippen molar-refractivity contribution in [2.75, 3.05) is 6.54 Å². The average molecular weight is 398 g/mol. The number of benzene rings is 3. The summed E-state index contributed by atoms with van der Waals surface area (Å²) in [4.78, 5) is 15.2. The van der Waals surface area contributed by atoms with Crippen LogP contribution < -0.4 is 0 Å². The molecule has 152 valence electrons. The van der Waals surface area contributed by atoms with Gasteiger partial charge in [-0.3, -0.25) is 9.69 Å². The van der Waals surface area contributed by atoms with Gasteiger partial charge in [-0.15, -0.1) is 0 Å². The van der Waals surface area contributed by atoms with Gasteiger partial charge in [0.05, 0.1) is 12.3 Å². The van der Waals surface area contributed by atoms with Crippen LogP contribution >= 0.6 is 0 Å². The molecule has 1 atom stereocenters. The van der Waals surface area contributed by atoms with Crippen molar-refractivity contribution in [1.82, 2.24) is 9.91 Å². The Balaban J connectivity index is 1.69. The highest BCUT2D eigenvalue weighted by molar-refractivity contribution is 5.99. The van der Waals surface area contributed by atoms with Crippen LogP contribution in [0.15, 0.2) is 84.0 Å². The van der Waals surface area contributed by atoms with Gasteiger partial charge < -0.3 is 0 Å². The van der Waals surface area contributed by atoms with E-state index < -0.39 is 0 Å². The highest BCUT2D eigenvalue weighted by Crippen LogP contribution is 2.33. The summed E-state index contributed by atoms with van der Waals surface area (Å²) in [5.74, 6) is 0.0166. The Morgan fingerprint density at radius 1 is 0.900 bits per heavy atom. The fourth-order valence-corrected chi connectivity index (χ4v) is 3.80. The fraction of sp³-hybridized carbons (Fsp3) is 0.231. The summed E-state index contributed by atoms with van der Waals surface area (Å²) in [5.41, 5.74) is 6.52. The third-order valence-corrected chi connectivity index (χ3v) is 5.50. The number of carbonyl (C=O) groups excluding carboxylic acids is 1. The Bertz CT molecular complexity index is 1040. The summed E-state index contributed by atoms with van der Waals surface area (Å²) < 4.78 is 0. The van der Waals surface area contributed by atoms with Crippen LogP contribution in [0.4, 0.5) is 0 Å². The smallest absolute Gasteiger partial charge is 0.258 e. The molecule has 0 radical (unpaired) electrons. The van der Waals surface area contributed by atoms with E-state index in [1.54, 1.807) is 5.01 Å². The molecule has 1 saturated heterocycles. The Labute approximate surface area is 178 Å². The molecule has 1 aliphatic rings. The van der Waals surface area contributed by atoms with Gasteiger partial charge in [-0.1, -0.05) is 90.0 Å². The molecule has 1 heterocycles. The quantitative estimate of drug-likeness (QED) is 0.564. The second kappa shape index (κ2) is 8.64. The number of rotatable bonds is 5. The van der Waals surface area contributed by atoms with E-state index in [2.05, 4.69) is 79.4 Å². The molecular formula is C26H27N3O. The van der Waals surface area contributed by atoms with Crippen molar-refractivity contribution in [1.29, 1.82) is 0 Å². The number of nitrogens with zero attached hydrogens (tertiary/aromatic N) is 3. The molecule has 0 bridgehead atoms. The molecule has 1 amide bonds. The van der Waals surface area contributed by atoms with E-state index >= 15 is 0 Å². The van der Waals surface area contributed by atoms with Crippen molar-refractivity contribution in [3.05, 3.63) is 107 Å². The summed E-state index contributed by atoms with van der Waals surface area (Å²) in [6, 6.07) is 26.9. The lowest BCUT2D eigenvalue weighted by molar-refractivity contribution is -0.128. The third kappa shape index (κ3) is 4.34. The van der Waals surface area contributed by atoms with Crippen LogP contribution in [0.5, 0.6) is 0 Å². The molecule has 4 nitrogen and oxygen atoms in total. The molecule has 30 heavy (non-hydrogen) atoms. The highest BCUT2D eigenvalue weighted by atomic mass is 16.2. The van der Waals surface area contributed by atoms with Gasteiger partial charge in [-0.05, 0) is 37.5 Å². The van der Waals surface area contributed by atoms with Crippen molar-refractivity contribution in [2.45, 2.75) is 33.5 Å². The molecule has 0 aromatic heterocycles. The minimum Gasteiger partial charge on any atom is -0.271 e. The normalized spacial score (nSPS) is 17.6. The molecule has 0 spiro atoms. The van der Waals surface area contributed by atoms with Crippen LogP contribution in [-0.2, 0) is 11.3 Å². The number of aryl methyl sites for hydroxylation is 2. The van der Waals surface area contributed by atoms with E-state index in [9.17, 15) is 4.79 Å². The van der Waals surface area contributed by atoms with Gasteiger partial charge in [0.25, 0.3) is 5.91 Å². The van der Waals surface area contributed by atoms with Crippen molar-refractivity contribution in [3.8, 4) is 0 Å². The van der Waals surface area contributed by atoms with Crippen molar-refractivity contribution < 1.29 is 4.79 Å². The van der Waals surface area contributed by atoms with Gasteiger partial charge in [0.2, 0.25) is 0 Å². The van der Waals surface area contributed by atoms with Gasteiger partial charge >= 0.3 is 0 Å². The van der Waals surface area contributed by atoms with E-state index in [1.165, 1.54) is 16.7 Å². The van der Waals surface area contributed by atoms with Gasteiger partial charge in [-0.25, -0.2) is 5.01 Å². The molecule has 0 aliphatic carbocycles. The largest absolute Gasteiger partial charge is 0.271 e. The lowest BCUT2D eigenvalue weighted by Crippen LogP contribution is -2.29. The summed E-state index contributed by atoms with van der Waals surface area (Å²) in [6.45, 7) is 7.14. The molecule has 3 aromatic rings. The van der Waals surface area contributed by atoms with E-state index in [0.717, 1.165) is 16.8 Å². The first-order valence-electron chi connectivity index (χ1n) is 10.3. The predicted octanol–water partition coefficient (Wildman–Crippen LogP) is 5.07. The number of carbonyl (C=O) groups is 1. The zero-order valence-electron chi connectivity index (χ0n) is 17.7. The third-order valence-electron chi connectivity index (χ3n) is 5.50. The van der Waals surface area contributed by atoms with Crippen molar-refractivity contribution in [2.24, 2.45) is 5.10 Å². The van der Waals surface area contributed by atoms with Gasteiger partial charge in [-0.2, -0.15) is 5.10 Å². The molecule has 1 fully saturated rings. The van der Waals surface area contributed by atoms with Crippen LogP contribution in [0.1, 0.15) is 40.9 Å². The monoisotopic (exact) mass is 397 g/mol. The van der Waals surface area contributed by atoms with Crippen LogP contribution in [0, 0.1) is 13.8 Å². The average Bonchev–Trinajstić information content (AvgIpc) is 3.04. The maximum atomic E-state index is 13.0. The van der Waals surface area contributed by atoms with Crippen molar-refractivity contribution in [3.63, 3.8) is 0 Å². The molecule has 4 heteroatoms. The van der Waals surface area contributed by atoms with Crippen molar-refractivity contribution >= 4 is 11.6 Å². The maximum Gasteiger partial charge on any atom is 0.258 e. The molecule has 0 saturated carbocycles. The maximum absolute atomic E-state index is 13.0. The number of hydrogen-bond acceptors (Lipinski definition) is 3. The molecule has 1 aliphatic heterocycles. The number of amides is 1. The van der Waals surface area contributed by atoms with Crippen LogP contribution in [0.25, 0.3) is 0 Å². The van der Waals surface area contributed by atoms with Crippen LogP contribution in [0.3, 0.4) is 0 Å².